The molecule has 0 saturated carbocycles. The Hall–Kier alpha value is -2.00. The molecule has 0 amide bonds. The molecule has 0 spiro atoms. The van der Waals surface area contributed by atoms with Crippen LogP contribution in [0.3, 0.4) is 0 Å². The molecule has 0 fully saturated rings. The van der Waals surface area contributed by atoms with Crippen LogP contribution in [0.1, 0.15) is 27.9 Å². The molecule has 0 aromatic heterocycles. The summed E-state index contributed by atoms with van der Waals surface area (Å²) in [6.45, 7) is 2.98. The van der Waals surface area contributed by atoms with Crippen molar-refractivity contribution in [2.75, 3.05) is 11.4 Å². The first-order valence-electron chi connectivity index (χ1n) is 6.96. The van der Waals surface area contributed by atoms with Gasteiger partial charge in [-0.1, -0.05) is 29.3 Å². The van der Waals surface area contributed by atoms with Gasteiger partial charge in [0.1, 0.15) is 0 Å². The van der Waals surface area contributed by atoms with Gasteiger partial charge in [-0.15, -0.1) is 0 Å². The molecule has 3 nitrogen and oxygen atoms in total. The highest BCUT2D eigenvalue weighted by molar-refractivity contribution is 6.33. The van der Waals surface area contributed by atoms with Gasteiger partial charge in [0.05, 0.1) is 16.3 Å². The predicted molar refractivity (Wildman–Crippen MR) is 84.9 cm³/mol. The van der Waals surface area contributed by atoms with Crippen LogP contribution in [0.5, 0.6) is 0 Å². The second-order valence-corrected chi connectivity index (χ2v) is 5.77. The summed E-state index contributed by atoms with van der Waals surface area (Å²) < 4.78 is 0. The van der Waals surface area contributed by atoms with Gasteiger partial charge < -0.3 is 10.0 Å². The molecule has 0 aliphatic carbocycles. The summed E-state index contributed by atoms with van der Waals surface area (Å²) in [5, 5.41) is 9.50. The van der Waals surface area contributed by atoms with Crippen molar-refractivity contribution in [2.45, 2.75) is 19.8 Å². The van der Waals surface area contributed by atoms with Crippen molar-refractivity contribution in [1.82, 2.24) is 0 Å². The number of carbonyl (C=O) groups is 1. The first-order chi connectivity index (χ1) is 10.1. The first-order valence-corrected chi connectivity index (χ1v) is 7.34. The van der Waals surface area contributed by atoms with E-state index < -0.39 is 5.97 Å². The maximum Gasteiger partial charge on any atom is 0.335 e. The fraction of sp³-hybridized carbons (Fsp3) is 0.235. The molecule has 3 rings (SSSR count). The van der Waals surface area contributed by atoms with Crippen LogP contribution in [-0.2, 0) is 6.42 Å². The molecule has 2 aromatic carbocycles. The summed E-state index contributed by atoms with van der Waals surface area (Å²) in [4.78, 5) is 13.2. The Kier molecular flexibility index (Phi) is 3.60. The average molecular weight is 302 g/mol. The summed E-state index contributed by atoms with van der Waals surface area (Å²) in [6.07, 6.45) is 2.13. The molecule has 1 N–H and O–H groups in total. The van der Waals surface area contributed by atoms with Crippen molar-refractivity contribution in [2.24, 2.45) is 0 Å². The van der Waals surface area contributed by atoms with Gasteiger partial charge in [0, 0.05) is 12.2 Å². The highest BCUT2D eigenvalue weighted by Crippen LogP contribution is 2.37. The molecule has 108 valence electrons. The van der Waals surface area contributed by atoms with Crippen LogP contribution >= 0.6 is 11.6 Å². The minimum Gasteiger partial charge on any atom is -0.478 e. The molecule has 1 heterocycles. The zero-order valence-corrected chi connectivity index (χ0v) is 12.5. The highest BCUT2D eigenvalue weighted by Gasteiger charge is 2.20. The molecular weight excluding hydrogens is 286 g/mol. The Bertz CT molecular complexity index is 712. The van der Waals surface area contributed by atoms with Gasteiger partial charge >= 0.3 is 5.97 Å². The summed E-state index contributed by atoms with van der Waals surface area (Å²) in [6, 6.07) is 11.3. The second kappa shape index (κ2) is 5.41. The van der Waals surface area contributed by atoms with Gasteiger partial charge in [0.25, 0.3) is 0 Å². The zero-order chi connectivity index (χ0) is 15.0. The molecule has 4 heteroatoms. The Labute approximate surface area is 128 Å². The molecule has 21 heavy (non-hydrogen) atoms. The maximum atomic E-state index is 11.0. The van der Waals surface area contributed by atoms with Crippen LogP contribution in [-0.4, -0.2) is 17.6 Å². The van der Waals surface area contributed by atoms with Crippen LogP contribution in [0, 0.1) is 6.92 Å². The van der Waals surface area contributed by atoms with Crippen LogP contribution in [0.25, 0.3) is 0 Å². The third-order valence-electron chi connectivity index (χ3n) is 3.84. The number of aryl methyl sites for hydroxylation is 2. The molecule has 0 atom stereocenters. The van der Waals surface area contributed by atoms with E-state index in [1.807, 2.05) is 0 Å². The van der Waals surface area contributed by atoms with Crippen LogP contribution in [0.15, 0.2) is 36.4 Å². The largest absolute Gasteiger partial charge is 0.478 e. The molecule has 0 radical (unpaired) electrons. The van der Waals surface area contributed by atoms with E-state index in [4.69, 9.17) is 16.7 Å². The summed E-state index contributed by atoms with van der Waals surface area (Å²) in [5.74, 6) is -0.960. The number of carboxylic acid groups (broad SMARTS) is 1. The summed E-state index contributed by atoms with van der Waals surface area (Å²) in [7, 11) is 0. The first kappa shape index (κ1) is 14.0. The Morgan fingerprint density at radius 3 is 2.67 bits per heavy atom. The number of hydrogen-bond acceptors (Lipinski definition) is 2. The number of anilines is 2. The molecule has 2 aromatic rings. The molecule has 1 aliphatic heterocycles. The third-order valence-corrected chi connectivity index (χ3v) is 4.14. The Balaban J connectivity index is 2.05. The van der Waals surface area contributed by atoms with Gasteiger partial charge in [0.2, 0.25) is 0 Å². The van der Waals surface area contributed by atoms with Crippen molar-refractivity contribution in [3.05, 3.63) is 58.1 Å². The number of fused-ring (bicyclic) bond motifs is 1. The fourth-order valence-electron chi connectivity index (χ4n) is 2.83. The normalized spacial score (nSPS) is 13.9. The second-order valence-electron chi connectivity index (χ2n) is 5.36. The van der Waals surface area contributed by atoms with E-state index in [0.717, 1.165) is 30.8 Å². The van der Waals surface area contributed by atoms with Gasteiger partial charge in [-0.25, -0.2) is 4.79 Å². The molecule has 1 aliphatic rings. The molecule has 0 unspecified atom stereocenters. The smallest absolute Gasteiger partial charge is 0.335 e. The number of carboxylic acids is 1. The van der Waals surface area contributed by atoms with Gasteiger partial charge in [-0.2, -0.15) is 0 Å². The lowest BCUT2D eigenvalue weighted by molar-refractivity contribution is 0.0697. The van der Waals surface area contributed by atoms with E-state index in [1.165, 1.54) is 17.2 Å². The standard InChI is InChI=1S/C17H16ClNO2/c1-11-4-6-15-12(9-11)3-2-8-19(15)16-7-5-13(17(20)21)10-14(16)18/h4-7,9-10H,2-3,8H2,1H3,(H,20,21). The number of rotatable bonds is 2. The van der Waals surface area contributed by atoms with E-state index in [2.05, 4.69) is 30.0 Å². The minimum absolute atomic E-state index is 0.213. The summed E-state index contributed by atoms with van der Waals surface area (Å²) >= 11 is 6.30. The zero-order valence-electron chi connectivity index (χ0n) is 11.8. The van der Waals surface area contributed by atoms with Crippen molar-refractivity contribution in [3.63, 3.8) is 0 Å². The van der Waals surface area contributed by atoms with E-state index in [-0.39, 0.29) is 5.56 Å². The number of nitrogens with zero attached hydrogens (tertiary/aromatic N) is 1. The van der Waals surface area contributed by atoms with Crippen LogP contribution in [0.4, 0.5) is 11.4 Å². The maximum absolute atomic E-state index is 11.0. The topological polar surface area (TPSA) is 40.5 Å². The van der Waals surface area contributed by atoms with E-state index in [1.54, 1.807) is 12.1 Å². The molecule has 0 bridgehead atoms. The van der Waals surface area contributed by atoms with Crippen molar-refractivity contribution < 1.29 is 9.90 Å². The number of halogens is 1. The van der Waals surface area contributed by atoms with E-state index in [9.17, 15) is 4.79 Å². The minimum atomic E-state index is -0.960. The SMILES string of the molecule is Cc1ccc2c(c1)CCCN2c1ccc(C(=O)O)cc1Cl. The highest BCUT2D eigenvalue weighted by atomic mass is 35.5. The van der Waals surface area contributed by atoms with Gasteiger partial charge in [0.15, 0.2) is 0 Å². The van der Waals surface area contributed by atoms with E-state index >= 15 is 0 Å². The Morgan fingerprint density at radius 1 is 1.19 bits per heavy atom. The van der Waals surface area contributed by atoms with E-state index in [0.29, 0.717) is 5.02 Å². The quantitative estimate of drug-likeness (QED) is 0.892. The van der Waals surface area contributed by atoms with Crippen molar-refractivity contribution >= 4 is 28.9 Å². The molecule has 0 saturated heterocycles. The monoisotopic (exact) mass is 301 g/mol. The Morgan fingerprint density at radius 2 is 1.95 bits per heavy atom. The predicted octanol–water partition coefficient (Wildman–Crippen LogP) is 4.43. The number of aromatic carboxylic acids is 1. The lowest BCUT2D eigenvalue weighted by Crippen LogP contribution is -2.24. The lowest BCUT2D eigenvalue weighted by atomic mass is 9.99. The van der Waals surface area contributed by atoms with Gasteiger partial charge in [-0.3, -0.25) is 0 Å². The number of benzene rings is 2. The fourth-order valence-corrected chi connectivity index (χ4v) is 3.12. The van der Waals surface area contributed by atoms with Crippen molar-refractivity contribution in [1.29, 1.82) is 0 Å². The van der Waals surface area contributed by atoms with Crippen LogP contribution < -0.4 is 4.90 Å². The average Bonchev–Trinajstić information content (AvgIpc) is 2.46. The lowest BCUT2D eigenvalue weighted by Gasteiger charge is -2.32. The number of hydrogen-bond donors (Lipinski definition) is 1. The molecular formula is C17H16ClNO2. The van der Waals surface area contributed by atoms with Crippen molar-refractivity contribution in [3.8, 4) is 0 Å². The summed E-state index contributed by atoms with van der Waals surface area (Å²) in [5.41, 5.74) is 4.82. The van der Waals surface area contributed by atoms with Gasteiger partial charge in [-0.05, 0) is 49.6 Å². The van der Waals surface area contributed by atoms with Crippen LogP contribution in [0.2, 0.25) is 5.02 Å². The third kappa shape index (κ3) is 2.61.